The standard InChI is InChI=1S/C15H23NO/c1-15(2,16-7-8-17)11-12-9-13-5-3-4-6-14(13)10-12/h3-6,12,16-17H,7-11H2,1-2H3. The molecule has 1 aromatic carbocycles. The Kier molecular flexibility index (Phi) is 3.85. The van der Waals surface area contributed by atoms with Crippen LogP contribution in [0.1, 0.15) is 31.4 Å². The molecule has 1 aliphatic carbocycles. The van der Waals surface area contributed by atoms with Gasteiger partial charge in [0, 0.05) is 12.1 Å². The van der Waals surface area contributed by atoms with Gasteiger partial charge >= 0.3 is 0 Å². The molecule has 2 heteroatoms. The fourth-order valence-electron chi connectivity index (χ4n) is 2.98. The second kappa shape index (κ2) is 5.19. The maximum Gasteiger partial charge on any atom is 0.0556 e. The van der Waals surface area contributed by atoms with Gasteiger partial charge in [-0.1, -0.05) is 24.3 Å². The van der Waals surface area contributed by atoms with Crippen molar-refractivity contribution in [3.8, 4) is 0 Å². The van der Waals surface area contributed by atoms with Crippen molar-refractivity contribution in [2.75, 3.05) is 13.2 Å². The third kappa shape index (κ3) is 3.30. The number of nitrogens with one attached hydrogen (secondary N) is 1. The lowest BCUT2D eigenvalue weighted by molar-refractivity contribution is 0.245. The molecule has 1 aromatic rings. The summed E-state index contributed by atoms with van der Waals surface area (Å²) in [6.07, 6.45) is 3.59. The second-order valence-corrected chi connectivity index (χ2v) is 5.78. The van der Waals surface area contributed by atoms with Crippen LogP contribution in [0, 0.1) is 5.92 Å². The molecule has 0 aromatic heterocycles. The zero-order chi connectivity index (χ0) is 12.3. The zero-order valence-corrected chi connectivity index (χ0v) is 10.9. The third-order valence-electron chi connectivity index (χ3n) is 3.65. The highest BCUT2D eigenvalue weighted by Gasteiger charge is 2.27. The van der Waals surface area contributed by atoms with Crippen LogP contribution in [0.5, 0.6) is 0 Å². The molecule has 0 amide bonds. The largest absolute Gasteiger partial charge is 0.395 e. The number of hydrogen-bond donors (Lipinski definition) is 2. The Bertz CT molecular complexity index is 348. The van der Waals surface area contributed by atoms with Gasteiger partial charge in [-0.25, -0.2) is 0 Å². The maximum atomic E-state index is 8.87. The van der Waals surface area contributed by atoms with Crippen LogP contribution in [0.3, 0.4) is 0 Å². The van der Waals surface area contributed by atoms with Gasteiger partial charge in [-0.05, 0) is 50.2 Å². The van der Waals surface area contributed by atoms with Crippen molar-refractivity contribution in [2.45, 2.75) is 38.6 Å². The van der Waals surface area contributed by atoms with Gasteiger partial charge in [-0.15, -0.1) is 0 Å². The monoisotopic (exact) mass is 233 g/mol. The summed E-state index contributed by atoms with van der Waals surface area (Å²) in [5.41, 5.74) is 3.17. The SMILES string of the molecule is CC(C)(CC1Cc2ccccc2C1)NCCO. The molecule has 2 rings (SSSR count). The molecule has 0 spiro atoms. The Hall–Kier alpha value is -0.860. The van der Waals surface area contributed by atoms with Crippen LogP contribution in [0.25, 0.3) is 0 Å². The summed E-state index contributed by atoms with van der Waals surface area (Å²) in [4.78, 5) is 0. The lowest BCUT2D eigenvalue weighted by atomic mass is 9.88. The van der Waals surface area contributed by atoms with Gasteiger partial charge in [0.05, 0.1) is 6.61 Å². The molecule has 0 unspecified atom stereocenters. The number of aliphatic hydroxyl groups is 1. The van der Waals surface area contributed by atoms with Gasteiger partial charge in [0.15, 0.2) is 0 Å². The average Bonchev–Trinajstić information content (AvgIpc) is 2.67. The van der Waals surface area contributed by atoms with Crippen LogP contribution in [0.4, 0.5) is 0 Å². The van der Waals surface area contributed by atoms with Gasteiger partial charge in [0.1, 0.15) is 0 Å². The first-order valence-corrected chi connectivity index (χ1v) is 6.53. The number of benzene rings is 1. The van der Waals surface area contributed by atoms with Crippen LogP contribution in [0.15, 0.2) is 24.3 Å². The molecule has 0 saturated heterocycles. The molecule has 2 nitrogen and oxygen atoms in total. The number of fused-ring (bicyclic) bond motifs is 1. The maximum absolute atomic E-state index is 8.87. The summed E-state index contributed by atoms with van der Waals surface area (Å²) >= 11 is 0. The van der Waals surface area contributed by atoms with E-state index in [2.05, 4.69) is 43.4 Å². The Morgan fingerprint density at radius 2 is 1.82 bits per heavy atom. The fourth-order valence-corrected chi connectivity index (χ4v) is 2.98. The van der Waals surface area contributed by atoms with Gasteiger partial charge in [-0.3, -0.25) is 0 Å². The van der Waals surface area contributed by atoms with E-state index < -0.39 is 0 Å². The van der Waals surface area contributed by atoms with Crippen molar-refractivity contribution in [2.24, 2.45) is 5.92 Å². The Balaban J connectivity index is 1.91. The first-order chi connectivity index (χ1) is 8.11. The van der Waals surface area contributed by atoms with Gasteiger partial charge in [0.25, 0.3) is 0 Å². The average molecular weight is 233 g/mol. The fraction of sp³-hybridized carbons (Fsp3) is 0.600. The predicted molar refractivity (Wildman–Crippen MR) is 71.1 cm³/mol. The van der Waals surface area contributed by atoms with E-state index in [1.54, 1.807) is 0 Å². The summed E-state index contributed by atoms with van der Waals surface area (Å²) in [5, 5.41) is 12.3. The summed E-state index contributed by atoms with van der Waals surface area (Å²) in [5.74, 6) is 0.744. The van der Waals surface area contributed by atoms with Crippen molar-refractivity contribution >= 4 is 0 Å². The van der Waals surface area contributed by atoms with E-state index in [1.807, 2.05) is 0 Å². The van der Waals surface area contributed by atoms with Crippen LogP contribution in [0.2, 0.25) is 0 Å². The summed E-state index contributed by atoms with van der Waals surface area (Å²) in [6, 6.07) is 8.78. The predicted octanol–water partition coefficient (Wildman–Crippen LogP) is 2.15. The minimum Gasteiger partial charge on any atom is -0.395 e. The molecule has 0 atom stereocenters. The lowest BCUT2D eigenvalue weighted by Gasteiger charge is -2.29. The summed E-state index contributed by atoms with van der Waals surface area (Å²) in [6.45, 7) is 5.36. The quantitative estimate of drug-likeness (QED) is 0.817. The molecule has 0 radical (unpaired) electrons. The van der Waals surface area contributed by atoms with E-state index in [-0.39, 0.29) is 12.1 Å². The van der Waals surface area contributed by atoms with E-state index in [4.69, 9.17) is 5.11 Å². The normalized spacial score (nSPS) is 16.2. The minimum atomic E-state index is 0.120. The van der Waals surface area contributed by atoms with E-state index >= 15 is 0 Å². The third-order valence-corrected chi connectivity index (χ3v) is 3.65. The van der Waals surface area contributed by atoms with Gasteiger partial charge in [0.2, 0.25) is 0 Å². The van der Waals surface area contributed by atoms with E-state index in [1.165, 1.54) is 30.4 Å². The molecular weight excluding hydrogens is 210 g/mol. The second-order valence-electron chi connectivity index (χ2n) is 5.78. The summed E-state index contributed by atoms with van der Waals surface area (Å²) < 4.78 is 0. The lowest BCUT2D eigenvalue weighted by Crippen LogP contribution is -2.42. The molecule has 0 heterocycles. The molecule has 17 heavy (non-hydrogen) atoms. The molecule has 0 fully saturated rings. The molecule has 0 saturated carbocycles. The van der Waals surface area contributed by atoms with Crippen molar-refractivity contribution in [1.29, 1.82) is 0 Å². The first kappa shape index (κ1) is 12.6. The minimum absolute atomic E-state index is 0.120. The van der Waals surface area contributed by atoms with Gasteiger partial charge < -0.3 is 10.4 Å². The van der Waals surface area contributed by atoms with Crippen LogP contribution < -0.4 is 5.32 Å². The van der Waals surface area contributed by atoms with Crippen molar-refractivity contribution in [3.63, 3.8) is 0 Å². The molecule has 0 aliphatic heterocycles. The topological polar surface area (TPSA) is 32.3 Å². The number of β-amino-alcohol motifs (C(OH)–C–C–N with tert-alkyl or cyclic N) is 1. The van der Waals surface area contributed by atoms with Crippen molar-refractivity contribution in [1.82, 2.24) is 5.32 Å². The molecular formula is C15H23NO. The van der Waals surface area contributed by atoms with Crippen molar-refractivity contribution < 1.29 is 5.11 Å². The van der Waals surface area contributed by atoms with Crippen LogP contribution in [-0.2, 0) is 12.8 Å². The Labute approximate surface area is 104 Å². The van der Waals surface area contributed by atoms with E-state index in [0.29, 0.717) is 6.54 Å². The number of hydrogen-bond acceptors (Lipinski definition) is 2. The van der Waals surface area contributed by atoms with Crippen molar-refractivity contribution in [3.05, 3.63) is 35.4 Å². The Morgan fingerprint density at radius 1 is 1.24 bits per heavy atom. The highest BCUT2D eigenvalue weighted by Crippen LogP contribution is 2.31. The van der Waals surface area contributed by atoms with E-state index in [9.17, 15) is 0 Å². The zero-order valence-electron chi connectivity index (χ0n) is 10.9. The van der Waals surface area contributed by atoms with Gasteiger partial charge in [-0.2, -0.15) is 0 Å². The van der Waals surface area contributed by atoms with E-state index in [0.717, 1.165) is 5.92 Å². The number of rotatable bonds is 5. The highest BCUT2D eigenvalue weighted by molar-refractivity contribution is 5.32. The Morgan fingerprint density at radius 3 is 2.35 bits per heavy atom. The first-order valence-electron chi connectivity index (χ1n) is 6.53. The molecule has 94 valence electrons. The smallest absolute Gasteiger partial charge is 0.0556 e. The molecule has 1 aliphatic rings. The molecule has 0 bridgehead atoms. The van der Waals surface area contributed by atoms with Crippen LogP contribution >= 0.6 is 0 Å². The summed E-state index contributed by atoms with van der Waals surface area (Å²) in [7, 11) is 0. The highest BCUT2D eigenvalue weighted by atomic mass is 16.3. The molecule has 2 N–H and O–H groups in total. The van der Waals surface area contributed by atoms with Crippen LogP contribution in [-0.4, -0.2) is 23.8 Å². The number of aliphatic hydroxyl groups excluding tert-OH is 1.